The Bertz CT molecular complexity index is 4660. The van der Waals surface area contributed by atoms with Gasteiger partial charge in [0, 0.05) is 43.7 Å². The fourth-order valence-electron chi connectivity index (χ4n) is 12.9. The lowest BCUT2D eigenvalue weighted by Crippen LogP contribution is -2.47. The van der Waals surface area contributed by atoms with Crippen LogP contribution in [-0.4, -0.2) is 95.9 Å². The van der Waals surface area contributed by atoms with Gasteiger partial charge in [0.25, 0.3) is 10.1 Å². The molecule has 558 valence electrons. The highest BCUT2D eigenvalue weighted by Gasteiger charge is 2.51. The molecule has 0 bridgehead atoms. The second-order valence-electron chi connectivity index (χ2n) is 26.2. The Balaban J connectivity index is 0.000000168. The zero-order valence-electron chi connectivity index (χ0n) is 57.4. The van der Waals surface area contributed by atoms with Gasteiger partial charge in [-0.05, 0) is 205 Å². The van der Waals surface area contributed by atoms with Gasteiger partial charge >= 0.3 is 11.9 Å². The molecule has 9 aromatic rings. The number of aliphatic hydroxyl groups is 1. The van der Waals surface area contributed by atoms with Crippen LogP contribution in [0.3, 0.4) is 0 Å². The molecular formula is C77H72Br2Cl8F4N4O9S. The summed E-state index contributed by atoms with van der Waals surface area (Å²) >= 11 is 54.6. The molecule has 1 N–H and O–H groups in total. The minimum Gasteiger partial charge on any atom is -0.469 e. The molecule has 4 aromatic heterocycles. The molecule has 13 nitrogen and oxygen atoms in total. The van der Waals surface area contributed by atoms with Gasteiger partial charge in [0.05, 0.1) is 101 Å². The molecule has 0 amide bonds. The van der Waals surface area contributed by atoms with Crippen molar-refractivity contribution >= 4 is 147 Å². The number of halogens is 14. The summed E-state index contributed by atoms with van der Waals surface area (Å²) < 4.78 is 96.5. The minimum atomic E-state index is -3.55. The maximum atomic E-state index is 13.4. The fraction of sp³-hybridized carbons (Fsp3) is 0.325. The van der Waals surface area contributed by atoms with Gasteiger partial charge in [0.1, 0.15) is 43.9 Å². The highest BCUT2D eigenvalue weighted by molar-refractivity contribution is 9.09. The van der Waals surface area contributed by atoms with E-state index in [-0.39, 0.29) is 78.6 Å². The van der Waals surface area contributed by atoms with Crippen molar-refractivity contribution in [3.8, 4) is 45.0 Å². The van der Waals surface area contributed by atoms with Crippen molar-refractivity contribution in [2.24, 2.45) is 17.8 Å². The Hall–Kier alpha value is -5.53. The molecule has 0 unspecified atom stereocenters. The first-order chi connectivity index (χ1) is 49.7. The predicted molar refractivity (Wildman–Crippen MR) is 417 cm³/mol. The first kappa shape index (κ1) is 85.1. The van der Waals surface area contributed by atoms with E-state index in [0.717, 1.165) is 59.3 Å². The number of esters is 2. The minimum absolute atomic E-state index is 0.00112. The second-order valence-corrected chi connectivity index (χ2v) is 32.3. The summed E-state index contributed by atoms with van der Waals surface area (Å²) in [5.74, 6) is -1.16. The van der Waals surface area contributed by atoms with Gasteiger partial charge in [-0.1, -0.05) is 176 Å². The summed E-state index contributed by atoms with van der Waals surface area (Å²) in [4.78, 5) is 40.7. The van der Waals surface area contributed by atoms with Crippen molar-refractivity contribution in [2.45, 2.75) is 94.7 Å². The van der Waals surface area contributed by atoms with Crippen molar-refractivity contribution in [1.82, 2.24) is 19.9 Å². The van der Waals surface area contributed by atoms with Crippen molar-refractivity contribution in [3.05, 3.63) is 243 Å². The number of alkyl halides is 2. The van der Waals surface area contributed by atoms with Gasteiger partial charge in [0.2, 0.25) is 0 Å². The van der Waals surface area contributed by atoms with E-state index in [4.69, 9.17) is 106 Å². The zero-order valence-corrected chi connectivity index (χ0v) is 67.5. The maximum Gasteiger partial charge on any atom is 0.316 e. The average Bonchev–Trinajstić information content (AvgIpc) is 0.759. The van der Waals surface area contributed by atoms with Crippen molar-refractivity contribution < 1.29 is 59.1 Å². The van der Waals surface area contributed by atoms with Crippen LogP contribution in [0.25, 0.3) is 45.0 Å². The molecule has 12 rings (SSSR count). The second kappa shape index (κ2) is 38.2. The van der Waals surface area contributed by atoms with E-state index >= 15 is 0 Å². The molecule has 0 saturated heterocycles. The molecule has 28 heteroatoms. The molecule has 3 aliphatic rings. The summed E-state index contributed by atoms with van der Waals surface area (Å²) in [5.41, 5.74) is 7.93. The lowest BCUT2D eigenvalue weighted by atomic mass is 9.59. The van der Waals surface area contributed by atoms with Crippen LogP contribution in [0.2, 0.25) is 40.7 Å². The summed E-state index contributed by atoms with van der Waals surface area (Å²) in [6.45, 7) is 7.17. The standard InChI is InChI=1S/C18H18Cl2FNO3S.C18H16Cl2FNO2.C17H16Cl2FNO.C14H10Cl2FNO2.C10H12Br2O/c1-11-8-18(9-11,10-25-26(2,23)24)13-6-16(22-17(20)7-13)12-3-4-15(21)14(19)5-12;1-10-8-18(9-10,17(23)24-2)12-6-15(22-16(20)7-12)11-3-4-14(21)13(19)5-11;1-10-7-17(8-10,9-22)12-5-15(21-16(19)6-12)11-2-3-14(20)13(18)4-11;1-20-14(19)6-8-4-12(18-13(16)5-8)9-2-3-11(17)10(15)7-9;11-6-10(7-12)13-8-9-4-2-1-3-5-9/h3-7,11H,8-10H2,1-2H3;3-7,10H,8-9H2,1-2H3;2-6,10,22H,7-9H2,1H3;2-5,7H,6H2,1H3;1-5,10H,6-8H2. The van der Waals surface area contributed by atoms with E-state index in [2.05, 4.69) is 89.4 Å². The molecule has 0 radical (unpaired) electrons. The van der Waals surface area contributed by atoms with E-state index in [1.807, 2.05) is 30.3 Å². The molecule has 0 spiro atoms. The highest BCUT2D eigenvalue weighted by atomic mass is 79.9. The number of hydrogen-bond donors (Lipinski definition) is 1. The summed E-state index contributed by atoms with van der Waals surface area (Å²) in [7, 11) is -0.853. The Morgan fingerprint density at radius 3 is 1.24 bits per heavy atom. The average molecular weight is 1750 g/mol. The normalized spacial score (nSPS) is 19.2. The number of pyridine rings is 4. The number of ether oxygens (including phenoxy) is 3. The molecule has 0 atom stereocenters. The van der Waals surface area contributed by atoms with Crippen LogP contribution in [-0.2, 0) is 67.4 Å². The topological polar surface area (TPSA) is 177 Å². The van der Waals surface area contributed by atoms with Gasteiger partial charge in [-0.15, -0.1) is 0 Å². The van der Waals surface area contributed by atoms with Gasteiger partial charge in [-0.2, -0.15) is 8.42 Å². The highest BCUT2D eigenvalue weighted by Crippen LogP contribution is 2.52. The Labute approximate surface area is 665 Å². The van der Waals surface area contributed by atoms with E-state index in [0.29, 0.717) is 92.9 Å². The van der Waals surface area contributed by atoms with E-state index in [9.17, 15) is 40.7 Å². The molecule has 0 aliphatic heterocycles. The maximum absolute atomic E-state index is 13.4. The molecule has 3 fully saturated rings. The number of aliphatic hydroxyl groups excluding tert-OH is 1. The summed E-state index contributed by atoms with van der Waals surface area (Å²) in [5, 5.41) is 12.7. The number of hydrogen-bond acceptors (Lipinski definition) is 13. The molecule has 3 saturated carbocycles. The van der Waals surface area contributed by atoms with Crippen LogP contribution in [0.4, 0.5) is 17.6 Å². The van der Waals surface area contributed by atoms with E-state index < -0.39 is 44.2 Å². The third-order valence-electron chi connectivity index (χ3n) is 17.9. The molecular weight excluding hydrogens is 1680 g/mol. The quantitative estimate of drug-likeness (QED) is 0.0266. The molecule has 105 heavy (non-hydrogen) atoms. The zero-order chi connectivity index (χ0) is 76.7. The van der Waals surface area contributed by atoms with Crippen LogP contribution in [0.5, 0.6) is 0 Å². The fourth-order valence-corrected chi connectivity index (χ4v) is 16.4. The Morgan fingerprint density at radius 2 is 0.876 bits per heavy atom. The number of nitrogens with zero attached hydrogens (tertiary/aromatic N) is 4. The third-order valence-corrected chi connectivity index (χ3v) is 21.8. The van der Waals surface area contributed by atoms with Crippen molar-refractivity contribution in [3.63, 3.8) is 0 Å². The van der Waals surface area contributed by atoms with Crippen LogP contribution in [0.1, 0.15) is 87.1 Å². The van der Waals surface area contributed by atoms with Crippen LogP contribution >= 0.6 is 125 Å². The molecule has 4 heterocycles. The molecule has 5 aromatic carbocycles. The van der Waals surface area contributed by atoms with E-state index in [1.54, 1.807) is 60.7 Å². The van der Waals surface area contributed by atoms with Crippen LogP contribution in [0.15, 0.2) is 152 Å². The lowest BCUT2D eigenvalue weighted by molar-refractivity contribution is -0.153. The lowest BCUT2D eigenvalue weighted by Gasteiger charge is -2.46. The first-order valence-corrected chi connectivity index (χ1v) is 39.7. The number of methoxy groups -OCH3 is 2. The predicted octanol–water partition coefficient (Wildman–Crippen LogP) is 22.0. The third kappa shape index (κ3) is 23.0. The van der Waals surface area contributed by atoms with Crippen LogP contribution in [0, 0.1) is 41.0 Å². The van der Waals surface area contributed by atoms with Crippen LogP contribution < -0.4 is 0 Å². The van der Waals surface area contributed by atoms with Gasteiger partial charge in [-0.3, -0.25) is 13.8 Å². The van der Waals surface area contributed by atoms with Crippen molar-refractivity contribution in [2.75, 3.05) is 44.3 Å². The number of carbonyl (C=O) groups is 2. The summed E-state index contributed by atoms with van der Waals surface area (Å²) in [6, 6.07) is 41.7. The SMILES string of the molecule is BrCC(CBr)OCc1ccccc1.CC1CC(CO)(c2cc(Cl)nc(-c3ccc(F)c(Cl)c3)c2)C1.CC1CC(COS(C)(=O)=O)(c2cc(Cl)nc(-c3ccc(F)c(Cl)c3)c2)C1.COC(=O)C1(c2cc(Cl)nc(-c3ccc(F)c(Cl)c3)c2)CC(C)C1.COC(=O)Cc1cc(Cl)nc(-c2ccc(F)c(Cl)c2)c1. The van der Waals surface area contributed by atoms with Crippen molar-refractivity contribution in [1.29, 1.82) is 0 Å². The Kier molecular flexibility index (Phi) is 31.0. The van der Waals surface area contributed by atoms with Gasteiger partial charge in [0.15, 0.2) is 0 Å². The van der Waals surface area contributed by atoms with Gasteiger partial charge < -0.3 is 19.3 Å². The Morgan fingerprint density at radius 1 is 0.505 bits per heavy atom. The molecule has 3 aliphatic carbocycles. The smallest absolute Gasteiger partial charge is 0.316 e. The summed E-state index contributed by atoms with van der Waals surface area (Å²) in [6.07, 6.45) is 6.18. The largest absolute Gasteiger partial charge is 0.469 e. The number of rotatable bonds is 19. The monoisotopic (exact) mass is 1740 g/mol. The van der Waals surface area contributed by atoms with Gasteiger partial charge in [-0.25, -0.2) is 37.5 Å². The number of carbonyl (C=O) groups excluding carboxylic acids is 2. The first-order valence-electron chi connectivity index (χ1n) is 32.6. The number of aromatic nitrogens is 4. The van der Waals surface area contributed by atoms with E-state index in [1.165, 1.54) is 68.3 Å². The number of benzene rings is 5.